The number of amides is 1. The molecule has 1 saturated heterocycles. The van der Waals surface area contributed by atoms with Gasteiger partial charge in [-0.05, 0) is 30.5 Å². The summed E-state index contributed by atoms with van der Waals surface area (Å²) < 4.78 is 5.30. The van der Waals surface area contributed by atoms with Crippen molar-refractivity contribution in [2.75, 3.05) is 16.8 Å². The summed E-state index contributed by atoms with van der Waals surface area (Å²) in [4.78, 5) is 22.8. The molecule has 2 aromatic carbocycles. The number of rotatable bonds is 6. The Morgan fingerprint density at radius 2 is 1.82 bits per heavy atom. The maximum absolute atomic E-state index is 12.4. The van der Waals surface area contributed by atoms with Gasteiger partial charge in [0, 0.05) is 6.20 Å². The fraction of sp³-hybridized carbons (Fsp3) is 0.227. The van der Waals surface area contributed by atoms with E-state index in [1.54, 1.807) is 17.2 Å². The third-order valence-corrected chi connectivity index (χ3v) is 4.81. The van der Waals surface area contributed by atoms with Gasteiger partial charge >= 0.3 is 6.09 Å². The lowest BCUT2D eigenvalue weighted by atomic mass is 10.1. The number of nitrogens with one attached hydrogen (secondary N) is 1. The quantitative estimate of drug-likeness (QED) is 0.700. The van der Waals surface area contributed by atoms with Crippen LogP contribution in [0.4, 0.5) is 16.6 Å². The van der Waals surface area contributed by atoms with Crippen molar-refractivity contribution in [3.8, 4) is 0 Å². The van der Waals surface area contributed by atoms with Crippen LogP contribution in [0.2, 0.25) is 0 Å². The lowest BCUT2D eigenvalue weighted by molar-refractivity contribution is 0.178. The van der Waals surface area contributed by atoms with Crippen molar-refractivity contribution >= 4 is 17.9 Å². The fourth-order valence-corrected chi connectivity index (χ4v) is 3.35. The maximum atomic E-state index is 12.4. The van der Waals surface area contributed by atoms with Gasteiger partial charge in [0.05, 0.1) is 12.1 Å². The fourth-order valence-electron chi connectivity index (χ4n) is 3.35. The normalized spacial score (nSPS) is 17.2. The van der Waals surface area contributed by atoms with Gasteiger partial charge in [-0.3, -0.25) is 4.90 Å². The molecule has 1 aliphatic heterocycles. The second kappa shape index (κ2) is 8.08. The van der Waals surface area contributed by atoms with Gasteiger partial charge in [-0.15, -0.1) is 0 Å². The SMILES string of the molecule is C[C@H](Nc1nccc(N2C(=O)OC[C@@H]2Cc2ccccc2)n1)c1ccccc1. The zero-order valence-corrected chi connectivity index (χ0v) is 15.7. The third kappa shape index (κ3) is 3.96. The molecule has 2 atom stereocenters. The van der Waals surface area contributed by atoms with Crippen molar-refractivity contribution in [1.29, 1.82) is 0 Å². The van der Waals surface area contributed by atoms with E-state index in [1.165, 1.54) is 0 Å². The lowest BCUT2D eigenvalue weighted by Crippen LogP contribution is -2.35. The van der Waals surface area contributed by atoms with Crippen molar-refractivity contribution in [3.05, 3.63) is 84.1 Å². The Balaban J connectivity index is 1.53. The molecule has 1 N–H and O–H groups in total. The minimum atomic E-state index is -0.373. The van der Waals surface area contributed by atoms with E-state index in [0.29, 0.717) is 24.8 Å². The van der Waals surface area contributed by atoms with Gasteiger partial charge in [-0.1, -0.05) is 60.7 Å². The van der Waals surface area contributed by atoms with Gasteiger partial charge in [0.25, 0.3) is 0 Å². The van der Waals surface area contributed by atoms with Crippen LogP contribution in [-0.2, 0) is 11.2 Å². The minimum absolute atomic E-state index is 0.0436. The second-order valence-electron chi connectivity index (χ2n) is 6.81. The number of aromatic nitrogens is 2. The van der Waals surface area contributed by atoms with Crippen LogP contribution in [-0.4, -0.2) is 28.7 Å². The van der Waals surface area contributed by atoms with E-state index in [4.69, 9.17) is 4.74 Å². The first-order chi connectivity index (χ1) is 13.7. The molecule has 2 heterocycles. The second-order valence-corrected chi connectivity index (χ2v) is 6.81. The van der Waals surface area contributed by atoms with Crippen molar-refractivity contribution in [2.45, 2.75) is 25.4 Å². The van der Waals surface area contributed by atoms with Crippen LogP contribution in [0.1, 0.15) is 24.1 Å². The van der Waals surface area contributed by atoms with Crippen LogP contribution in [0.3, 0.4) is 0 Å². The van der Waals surface area contributed by atoms with E-state index in [0.717, 1.165) is 11.1 Å². The molecule has 1 amide bonds. The first-order valence-corrected chi connectivity index (χ1v) is 9.35. The average Bonchev–Trinajstić information content (AvgIpc) is 3.09. The number of carbonyl (C=O) groups is 1. The van der Waals surface area contributed by atoms with Crippen molar-refractivity contribution in [3.63, 3.8) is 0 Å². The van der Waals surface area contributed by atoms with Crippen LogP contribution in [0.15, 0.2) is 72.9 Å². The Hall–Kier alpha value is -3.41. The molecule has 1 aliphatic rings. The van der Waals surface area contributed by atoms with E-state index < -0.39 is 0 Å². The van der Waals surface area contributed by atoms with E-state index in [-0.39, 0.29) is 18.2 Å². The van der Waals surface area contributed by atoms with Crippen molar-refractivity contribution in [2.24, 2.45) is 0 Å². The first-order valence-electron chi connectivity index (χ1n) is 9.35. The van der Waals surface area contributed by atoms with Gasteiger partial charge in [0.1, 0.15) is 12.4 Å². The van der Waals surface area contributed by atoms with Crippen LogP contribution < -0.4 is 10.2 Å². The van der Waals surface area contributed by atoms with Crippen LogP contribution in [0.25, 0.3) is 0 Å². The molecule has 142 valence electrons. The highest BCUT2D eigenvalue weighted by Gasteiger charge is 2.35. The predicted octanol–water partition coefficient (Wildman–Crippen LogP) is 4.22. The van der Waals surface area contributed by atoms with E-state index in [9.17, 15) is 4.79 Å². The minimum Gasteiger partial charge on any atom is -0.447 e. The van der Waals surface area contributed by atoms with Crippen molar-refractivity contribution < 1.29 is 9.53 Å². The van der Waals surface area contributed by atoms with Gasteiger partial charge in [-0.2, -0.15) is 4.98 Å². The van der Waals surface area contributed by atoms with Gasteiger partial charge in [-0.25, -0.2) is 9.78 Å². The summed E-state index contributed by atoms with van der Waals surface area (Å²) in [6, 6.07) is 21.8. The first kappa shape index (κ1) is 18.0. The molecule has 0 radical (unpaired) electrons. The Morgan fingerprint density at radius 3 is 2.57 bits per heavy atom. The molecule has 0 bridgehead atoms. The number of hydrogen-bond acceptors (Lipinski definition) is 5. The highest BCUT2D eigenvalue weighted by Crippen LogP contribution is 2.25. The molecular weight excluding hydrogens is 352 g/mol. The highest BCUT2D eigenvalue weighted by molar-refractivity contribution is 5.89. The summed E-state index contributed by atoms with van der Waals surface area (Å²) in [6.45, 7) is 2.40. The molecule has 6 nitrogen and oxygen atoms in total. The summed E-state index contributed by atoms with van der Waals surface area (Å²) in [5.74, 6) is 1.02. The zero-order chi connectivity index (χ0) is 19.3. The Bertz CT molecular complexity index is 934. The van der Waals surface area contributed by atoms with Crippen LogP contribution in [0.5, 0.6) is 0 Å². The molecule has 3 aromatic rings. The maximum Gasteiger partial charge on any atom is 0.415 e. The summed E-state index contributed by atoms with van der Waals surface area (Å²) in [7, 11) is 0. The number of anilines is 2. The summed E-state index contributed by atoms with van der Waals surface area (Å²) in [5.41, 5.74) is 2.29. The zero-order valence-electron chi connectivity index (χ0n) is 15.7. The lowest BCUT2D eigenvalue weighted by Gasteiger charge is -2.21. The topological polar surface area (TPSA) is 67.4 Å². The molecule has 1 aromatic heterocycles. The van der Waals surface area contributed by atoms with E-state index >= 15 is 0 Å². The Labute approximate surface area is 164 Å². The number of ether oxygens (including phenoxy) is 1. The molecule has 0 spiro atoms. The van der Waals surface area contributed by atoms with Crippen molar-refractivity contribution in [1.82, 2.24) is 9.97 Å². The van der Waals surface area contributed by atoms with Gasteiger partial charge in [0.2, 0.25) is 5.95 Å². The molecular formula is C22H22N4O2. The molecule has 28 heavy (non-hydrogen) atoms. The molecule has 6 heteroatoms. The number of hydrogen-bond donors (Lipinski definition) is 1. The smallest absolute Gasteiger partial charge is 0.415 e. The number of carbonyl (C=O) groups excluding carboxylic acids is 1. The Kier molecular flexibility index (Phi) is 5.19. The molecule has 0 unspecified atom stereocenters. The summed E-state index contributed by atoms with van der Waals surface area (Å²) in [5, 5.41) is 3.30. The summed E-state index contributed by atoms with van der Waals surface area (Å²) in [6.07, 6.45) is 1.99. The third-order valence-electron chi connectivity index (χ3n) is 4.81. The standard InChI is InChI=1S/C22H22N4O2/c1-16(18-10-6-3-7-11-18)24-21-23-13-12-20(25-21)26-19(15-28-22(26)27)14-17-8-4-2-5-9-17/h2-13,16,19H,14-15H2,1H3,(H,23,24,25)/t16-,19-/m0/s1. The molecule has 0 saturated carbocycles. The van der Waals surface area contributed by atoms with E-state index in [1.807, 2.05) is 43.3 Å². The number of cyclic esters (lactones) is 1. The summed E-state index contributed by atoms with van der Waals surface area (Å²) >= 11 is 0. The average molecular weight is 374 g/mol. The van der Waals surface area contributed by atoms with Crippen LogP contribution >= 0.6 is 0 Å². The van der Waals surface area contributed by atoms with Gasteiger partial charge in [0.15, 0.2) is 0 Å². The monoisotopic (exact) mass is 374 g/mol. The molecule has 1 fully saturated rings. The largest absolute Gasteiger partial charge is 0.447 e. The highest BCUT2D eigenvalue weighted by atomic mass is 16.6. The predicted molar refractivity (Wildman–Crippen MR) is 108 cm³/mol. The molecule has 4 rings (SSSR count). The van der Waals surface area contributed by atoms with Gasteiger partial charge < -0.3 is 10.1 Å². The van der Waals surface area contributed by atoms with E-state index in [2.05, 4.69) is 39.6 Å². The Morgan fingerprint density at radius 1 is 1.11 bits per heavy atom. The molecule has 0 aliphatic carbocycles. The number of nitrogens with zero attached hydrogens (tertiary/aromatic N) is 3. The number of benzene rings is 2. The van der Waals surface area contributed by atoms with Crippen LogP contribution in [0, 0.1) is 0 Å².